The molecule has 3 N–H and O–H groups in total. The van der Waals surface area contributed by atoms with E-state index in [9.17, 15) is 33.4 Å². The number of amides is 1. The summed E-state index contributed by atoms with van der Waals surface area (Å²) >= 11 is 0. The number of benzene rings is 3. The Morgan fingerprint density at radius 3 is 1.98 bits per heavy atom. The Kier molecular flexibility index (Phi) is 11.6. The van der Waals surface area contributed by atoms with Gasteiger partial charge in [0.15, 0.2) is 0 Å². The third-order valence-electron chi connectivity index (χ3n) is 7.73. The van der Waals surface area contributed by atoms with Crippen LogP contribution in [-0.2, 0) is 20.7 Å². The van der Waals surface area contributed by atoms with Crippen molar-refractivity contribution >= 4 is 23.5 Å². The van der Waals surface area contributed by atoms with Gasteiger partial charge in [-0.05, 0) is 86.7 Å². The highest BCUT2D eigenvalue weighted by atomic mass is 19.1. The molecule has 1 heterocycles. The largest absolute Gasteiger partial charge is 0.469 e. The van der Waals surface area contributed by atoms with Gasteiger partial charge in [-0.15, -0.1) is 0 Å². The van der Waals surface area contributed by atoms with E-state index in [2.05, 4.69) is 10.1 Å². The summed E-state index contributed by atoms with van der Waals surface area (Å²) in [5.74, 6) is -2.63. The zero-order valence-electron chi connectivity index (χ0n) is 26.6. The van der Waals surface area contributed by atoms with Crippen molar-refractivity contribution in [2.24, 2.45) is 0 Å². The standard InChI is InChI=1S/C36H38F2N2O7/c1-21(2)40-30(17-16-28(41)19-29(42)20-31(43)46-3)32(22-8-12-25(37)13-9-22)33(23-10-14-26(38)15-11-23)34(40)35(44)39-27-7-5-6-24(18-27)36(45)47-4/h5-15,18,21,28-29,41-42H,16-17,19-20H2,1-4H3,(H,39,44)/t28-,29-/m1/s1. The van der Waals surface area contributed by atoms with E-state index in [0.29, 0.717) is 33.6 Å². The number of carbonyl (C=O) groups excluding carboxylic acids is 3. The minimum atomic E-state index is -1.12. The maximum atomic E-state index is 14.3. The second-order valence-electron chi connectivity index (χ2n) is 11.4. The fourth-order valence-corrected chi connectivity index (χ4v) is 5.63. The highest BCUT2D eigenvalue weighted by Gasteiger charge is 2.31. The SMILES string of the molecule is COC(=O)C[C@H](O)C[C@H](O)CCc1c(-c2ccc(F)cc2)c(-c2ccc(F)cc2)c(C(=O)Nc2cccc(C(=O)OC)c2)n1C(C)C. The Labute approximate surface area is 271 Å². The van der Waals surface area contributed by atoms with Gasteiger partial charge in [-0.1, -0.05) is 30.3 Å². The van der Waals surface area contributed by atoms with Gasteiger partial charge in [-0.25, -0.2) is 13.6 Å². The minimum Gasteiger partial charge on any atom is -0.469 e. The summed E-state index contributed by atoms with van der Waals surface area (Å²) in [4.78, 5) is 38.1. The van der Waals surface area contributed by atoms with Crippen LogP contribution in [0.3, 0.4) is 0 Å². The maximum Gasteiger partial charge on any atom is 0.337 e. The van der Waals surface area contributed by atoms with E-state index >= 15 is 0 Å². The van der Waals surface area contributed by atoms with Gasteiger partial charge in [0.25, 0.3) is 5.91 Å². The number of nitrogens with one attached hydrogen (secondary N) is 1. The third-order valence-corrected chi connectivity index (χ3v) is 7.73. The number of aliphatic hydroxyl groups excluding tert-OH is 2. The molecule has 2 atom stereocenters. The number of hydrogen-bond donors (Lipinski definition) is 3. The number of ether oxygens (including phenoxy) is 2. The first kappa shape index (κ1) is 35.0. The second kappa shape index (κ2) is 15.6. The highest BCUT2D eigenvalue weighted by Crippen LogP contribution is 2.43. The van der Waals surface area contributed by atoms with Crippen molar-refractivity contribution < 1.29 is 42.9 Å². The molecule has 0 bridgehead atoms. The number of anilines is 1. The zero-order valence-corrected chi connectivity index (χ0v) is 26.6. The summed E-state index contributed by atoms with van der Waals surface area (Å²) in [7, 11) is 2.47. The highest BCUT2D eigenvalue weighted by molar-refractivity contribution is 6.11. The Morgan fingerprint density at radius 1 is 0.830 bits per heavy atom. The van der Waals surface area contributed by atoms with E-state index in [1.807, 2.05) is 18.4 Å². The second-order valence-corrected chi connectivity index (χ2v) is 11.4. The number of methoxy groups -OCH3 is 2. The van der Waals surface area contributed by atoms with Crippen molar-refractivity contribution in [2.45, 2.75) is 57.8 Å². The Morgan fingerprint density at radius 2 is 1.43 bits per heavy atom. The van der Waals surface area contributed by atoms with Crippen LogP contribution >= 0.6 is 0 Å². The minimum absolute atomic E-state index is 0.0853. The lowest BCUT2D eigenvalue weighted by atomic mass is 9.92. The van der Waals surface area contributed by atoms with E-state index in [4.69, 9.17) is 4.74 Å². The Bertz CT molecular complexity index is 1720. The third kappa shape index (κ3) is 8.49. The molecule has 47 heavy (non-hydrogen) atoms. The van der Waals surface area contributed by atoms with E-state index in [1.165, 1.54) is 44.6 Å². The van der Waals surface area contributed by atoms with Gasteiger partial charge in [-0.3, -0.25) is 9.59 Å². The molecule has 4 aromatic rings. The molecule has 0 saturated heterocycles. The predicted molar refractivity (Wildman–Crippen MR) is 173 cm³/mol. The first-order valence-electron chi connectivity index (χ1n) is 15.1. The van der Waals surface area contributed by atoms with E-state index in [1.54, 1.807) is 42.5 Å². The van der Waals surface area contributed by atoms with E-state index in [0.717, 1.165) is 0 Å². The molecule has 0 unspecified atom stereocenters. The molecule has 11 heteroatoms. The lowest BCUT2D eigenvalue weighted by Crippen LogP contribution is -2.23. The maximum absolute atomic E-state index is 14.3. The number of aliphatic hydroxyl groups is 2. The molecule has 0 saturated carbocycles. The first-order chi connectivity index (χ1) is 22.4. The van der Waals surface area contributed by atoms with Gasteiger partial charge in [0.2, 0.25) is 0 Å². The summed E-state index contributed by atoms with van der Waals surface area (Å²) in [6.07, 6.45) is -2.13. The van der Waals surface area contributed by atoms with E-state index in [-0.39, 0.29) is 43.0 Å². The molecule has 0 spiro atoms. The number of rotatable bonds is 13. The number of esters is 2. The molecule has 1 amide bonds. The summed E-state index contributed by atoms with van der Waals surface area (Å²) in [5.41, 5.74) is 3.59. The number of aromatic nitrogens is 1. The average molecular weight is 649 g/mol. The number of nitrogens with zero attached hydrogens (tertiary/aromatic N) is 1. The van der Waals surface area contributed by atoms with Gasteiger partial charge in [0.05, 0.1) is 38.4 Å². The molecule has 9 nitrogen and oxygen atoms in total. The molecule has 0 aliphatic carbocycles. The van der Waals surface area contributed by atoms with Gasteiger partial charge >= 0.3 is 11.9 Å². The first-order valence-corrected chi connectivity index (χ1v) is 15.1. The van der Waals surface area contributed by atoms with Crippen molar-refractivity contribution in [3.05, 3.63) is 101 Å². The van der Waals surface area contributed by atoms with Crippen LogP contribution in [0.5, 0.6) is 0 Å². The lowest BCUT2D eigenvalue weighted by Gasteiger charge is -2.20. The monoisotopic (exact) mass is 648 g/mol. The topological polar surface area (TPSA) is 127 Å². The molecule has 3 aromatic carbocycles. The molecular formula is C36H38F2N2O7. The summed E-state index contributed by atoms with van der Waals surface area (Å²) < 4.78 is 39.5. The van der Waals surface area contributed by atoms with Crippen LogP contribution in [0.4, 0.5) is 14.5 Å². The number of carbonyl (C=O) groups is 3. The van der Waals surface area contributed by atoms with Crippen molar-refractivity contribution in [2.75, 3.05) is 19.5 Å². The van der Waals surface area contributed by atoms with Crippen molar-refractivity contribution in [1.29, 1.82) is 0 Å². The fourth-order valence-electron chi connectivity index (χ4n) is 5.63. The molecule has 248 valence electrons. The Hall–Kier alpha value is -4.87. The van der Waals surface area contributed by atoms with Gasteiger partial charge in [-0.2, -0.15) is 0 Å². The fraction of sp³-hybridized carbons (Fsp3) is 0.306. The van der Waals surface area contributed by atoms with Crippen LogP contribution in [0.1, 0.15) is 65.7 Å². The van der Waals surface area contributed by atoms with Crippen molar-refractivity contribution in [3.63, 3.8) is 0 Å². The molecule has 0 radical (unpaired) electrons. The van der Waals surface area contributed by atoms with Crippen molar-refractivity contribution in [1.82, 2.24) is 4.57 Å². The quantitative estimate of drug-likeness (QED) is 0.145. The lowest BCUT2D eigenvalue weighted by molar-refractivity contribution is -0.143. The molecule has 4 rings (SSSR count). The Balaban J connectivity index is 1.89. The molecule has 0 fully saturated rings. The van der Waals surface area contributed by atoms with Crippen LogP contribution in [0, 0.1) is 11.6 Å². The average Bonchev–Trinajstić information content (AvgIpc) is 3.39. The van der Waals surface area contributed by atoms with Gasteiger partial charge in [0, 0.05) is 28.6 Å². The zero-order chi connectivity index (χ0) is 34.2. The predicted octanol–water partition coefficient (Wildman–Crippen LogP) is 6.33. The summed E-state index contributed by atoms with van der Waals surface area (Å²) in [5, 5.41) is 24.1. The van der Waals surface area contributed by atoms with Crippen LogP contribution in [0.15, 0.2) is 72.8 Å². The molecule has 0 aliphatic heterocycles. The smallest absolute Gasteiger partial charge is 0.337 e. The van der Waals surface area contributed by atoms with Crippen LogP contribution in [0.25, 0.3) is 22.3 Å². The van der Waals surface area contributed by atoms with Crippen LogP contribution in [-0.4, -0.2) is 59.1 Å². The summed E-state index contributed by atoms with van der Waals surface area (Å²) in [6.45, 7) is 3.77. The number of hydrogen-bond acceptors (Lipinski definition) is 7. The molecule has 0 aliphatic rings. The molecular weight excluding hydrogens is 610 g/mol. The van der Waals surface area contributed by atoms with Crippen LogP contribution < -0.4 is 5.32 Å². The van der Waals surface area contributed by atoms with E-state index < -0.39 is 41.7 Å². The summed E-state index contributed by atoms with van der Waals surface area (Å²) in [6, 6.07) is 17.4. The van der Waals surface area contributed by atoms with Gasteiger partial charge in [0.1, 0.15) is 17.3 Å². The van der Waals surface area contributed by atoms with Crippen LogP contribution in [0.2, 0.25) is 0 Å². The number of halogens is 2. The normalized spacial score (nSPS) is 12.4. The van der Waals surface area contributed by atoms with Crippen molar-refractivity contribution in [3.8, 4) is 22.3 Å². The molecule has 1 aromatic heterocycles. The van der Waals surface area contributed by atoms with Gasteiger partial charge < -0.3 is 29.6 Å².